The second-order valence-electron chi connectivity index (χ2n) is 7.19. The van der Waals surface area contributed by atoms with Gasteiger partial charge in [-0.2, -0.15) is 0 Å². The summed E-state index contributed by atoms with van der Waals surface area (Å²) in [5.41, 5.74) is -1.32. The highest BCUT2D eigenvalue weighted by Gasteiger charge is 2.42. The molecule has 1 saturated carbocycles. The SMILES string of the molecule is C=CCC(C)(O)C(=O)C(OC(=O)C1CCCCC1C(=O)O)c1ccccc1. The molecule has 1 fully saturated rings. The molecule has 6 heteroatoms. The minimum Gasteiger partial charge on any atom is -0.481 e. The van der Waals surface area contributed by atoms with Crippen molar-refractivity contribution in [2.75, 3.05) is 0 Å². The van der Waals surface area contributed by atoms with E-state index in [1.165, 1.54) is 13.0 Å². The summed E-state index contributed by atoms with van der Waals surface area (Å²) in [5, 5.41) is 19.9. The fourth-order valence-electron chi connectivity index (χ4n) is 3.48. The van der Waals surface area contributed by atoms with Crippen molar-refractivity contribution < 1.29 is 29.3 Å². The van der Waals surface area contributed by atoms with Gasteiger partial charge in [-0.15, -0.1) is 6.58 Å². The summed E-state index contributed by atoms with van der Waals surface area (Å²) in [6, 6.07) is 8.43. The molecule has 27 heavy (non-hydrogen) atoms. The number of aliphatic carboxylic acids is 1. The Balaban J connectivity index is 2.29. The normalized spacial score (nSPS) is 22.9. The number of hydrogen-bond donors (Lipinski definition) is 2. The Kier molecular flexibility index (Phi) is 6.91. The quantitative estimate of drug-likeness (QED) is 0.536. The molecule has 1 aliphatic rings. The van der Waals surface area contributed by atoms with Gasteiger partial charge in [0.1, 0.15) is 5.60 Å². The van der Waals surface area contributed by atoms with Crippen LogP contribution in [0.3, 0.4) is 0 Å². The first-order valence-corrected chi connectivity index (χ1v) is 9.13. The van der Waals surface area contributed by atoms with Crippen molar-refractivity contribution in [1.82, 2.24) is 0 Å². The van der Waals surface area contributed by atoms with Gasteiger partial charge >= 0.3 is 11.9 Å². The predicted octanol–water partition coefficient (Wildman–Crippen LogP) is 3.06. The lowest BCUT2D eigenvalue weighted by molar-refractivity contribution is -0.170. The summed E-state index contributed by atoms with van der Waals surface area (Å²) in [4.78, 5) is 37.1. The molecule has 1 aliphatic carbocycles. The molecule has 4 atom stereocenters. The zero-order valence-corrected chi connectivity index (χ0v) is 15.5. The van der Waals surface area contributed by atoms with Crippen LogP contribution in [0.25, 0.3) is 0 Å². The number of aliphatic hydroxyl groups is 1. The Morgan fingerprint density at radius 3 is 2.37 bits per heavy atom. The topological polar surface area (TPSA) is 101 Å². The first-order chi connectivity index (χ1) is 12.8. The number of carbonyl (C=O) groups excluding carboxylic acids is 2. The van der Waals surface area contributed by atoms with Crippen molar-refractivity contribution in [1.29, 1.82) is 0 Å². The van der Waals surface area contributed by atoms with Gasteiger partial charge in [0.05, 0.1) is 11.8 Å². The van der Waals surface area contributed by atoms with E-state index in [4.69, 9.17) is 4.74 Å². The van der Waals surface area contributed by atoms with Gasteiger partial charge in [0.2, 0.25) is 5.78 Å². The third kappa shape index (κ3) is 5.04. The van der Waals surface area contributed by atoms with Crippen molar-refractivity contribution in [3.05, 3.63) is 48.6 Å². The van der Waals surface area contributed by atoms with Crippen LogP contribution in [0.1, 0.15) is 50.7 Å². The molecule has 4 unspecified atom stereocenters. The van der Waals surface area contributed by atoms with Crippen molar-refractivity contribution in [2.45, 2.75) is 50.7 Å². The van der Waals surface area contributed by atoms with Crippen LogP contribution in [0.15, 0.2) is 43.0 Å². The van der Waals surface area contributed by atoms with Crippen LogP contribution in [0, 0.1) is 11.8 Å². The van der Waals surface area contributed by atoms with Gasteiger partial charge in [-0.1, -0.05) is 49.2 Å². The second-order valence-corrected chi connectivity index (χ2v) is 7.19. The van der Waals surface area contributed by atoms with Gasteiger partial charge in [0, 0.05) is 12.0 Å². The number of rotatable bonds is 8. The minimum atomic E-state index is -1.75. The largest absolute Gasteiger partial charge is 0.481 e. The molecule has 1 aromatic rings. The number of carboxylic acids is 1. The maximum Gasteiger partial charge on any atom is 0.310 e. The van der Waals surface area contributed by atoms with Crippen molar-refractivity contribution in [3.63, 3.8) is 0 Å². The predicted molar refractivity (Wildman–Crippen MR) is 98.8 cm³/mol. The van der Waals surface area contributed by atoms with Crippen LogP contribution in [0.5, 0.6) is 0 Å². The number of hydrogen-bond acceptors (Lipinski definition) is 5. The molecule has 146 valence electrons. The zero-order chi connectivity index (χ0) is 20.0. The molecule has 0 spiro atoms. The molecule has 0 aromatic heterocycles. The molecule has 0 heterocycles. The average molecular weight is 374 g/mol. The summed E-state index contributed by atoms with van der Waals surface area (Å²) >= 11 is 0. The standard InChI is InChI=1S/C21H26O6/c1-3-13-21(2,26)18(22)17(14-9-5-4-6-10-14)27-20(25)16-12-8-7-11-15(16)19(23)24/h3-6,9-10,15-17,26H,1,7-8,11-13H2,2H3,(H,23,24). The minimum absolute atomic E-state index is 0.00783. The Bertz CT molecular complexity index is 694. The summed E-state index contributed by atoms with van der Waals surface area (Å²) in [7, 11) is 0. The van der Waals surface area contributed by atoms with Crippen molar-refractivity contribution >= 4 is 17.7 Å². The molecule has 0 bridgehead atoms. The fraction of sp³-hybridized carbons (Fsp3) is 0.476. The van der Waals surface area contributed by atoms with E-state index in [1.54, 1.807) is 30.3 Å². The third-order valence-electron chi connectivity index (χ3n) is 5.03. The van der Waals surface area contributed by atoms with E-state index in [0.717, 1.165) is 12.8 Å². The molecule has 6 nitrogen and oxygen atoms in total. The molecule has 0 saturated heterocycles. The van der Waals surface area contributed by atoms with Gasteiger partial charge in [0.25, 0.3) is 0 Å². The number of ether oxygens (including phenoxy) is 1. The highest BCUT2D eigenvalue weighted by atomic mass is 16.5. The maximum absolute atomic E-state index is 12.9. The van der Waals surface area contributed by atoms with E-state index in [9.17, 15) is 24.6 Å². The first kappa shape index (κ1) is 20.8. The van der Waals surface area contributed by atoms with Gasteiger partial charge < -0.3 is 14.9 Å². The van der Waals surface area contributed by atoms with Crippen LogP contribution in [0.2, 0.25) is 0 Å². The Hall–Kier alpha value is -2.47. The van der Waals surface area contributed by atoms with Crippen LogP contribution in [-0.4, -0.2) is 33.5 Å². The van der Waals surface area contributed by atoms with Gasteiger partial charge in [-0.05, 0) is 19.8 Å². The number of carboxylic acid groups (broad SMARTS) is 1. The van der Waals surface area contributed by atoms with Crippen LogP contribution in [0.4, 0.5) is 0 Å². The number of carbonyl (C=O) groups is 3. The monoisotopic (exact) mass is 374 g/mol. The Morgan fingerprint density at radius 2 is 1.81 bits per heavy atom. The number of benzene rings is 1. The first-order valence-electron chi connectivity index (χ1n) is 9.13. The number of esters is 1. The Labute approximate surface area is 158 Å². The lowest BCUT2D eigenvalue weighted by Crippen LogP contribution is -2.42. The van der Waals surface area contributed by atoms with E-state index >= 15 is 0 Å². The molecular weight excluding hydrogens is 348 g/mol. The van der Waals surface area contributed by atoms with E-state index < -0.39 is 41.3 Å². The summed E-state index contributed by atoms with van der Waals surface area (Å²) in [5.74, 6) is -4.01. The molecule has 0 aliphatic heterocycles. The molecule has 0 amide bonds. The van der Waals surface area contributed by atoms with Crippen LogP contribution < -0.4 is 0 Å². The van der Waals surface area contributed by atoms with Crippen molar-refractivity contribution in [2.24, 2.45) is 11.8 Å². The highest BCUT2D eigenvalue weighted by Crippen LogP contribution is 2.34. The third-order valence-corrected chi connectivity index (χ3v) is 5.03. The average Bonchev–Trinajstić information content (AvgIpc) is 2.66. The zero-order valence-electron chi connectivity index (χ0n) is 15.5. The highest BCUT2D eigenvalue weighted by molar-refractivity contribution is 5.93. The molecule has 2 rings (SSSR count). The molecule has 1 aromatic carbocycles. The van der Waals surface area contributed by atoms with Gasteiger partial charge in [0.15, 0.2) is 6.10 Å². The van der Waals surface area contributed by atoms with Crippen molar-refractivity contribution in [3.8, 4) is 0 Å². The fourth-order valence-corrected chi connectivity index (χ4v) is 3.48. The van der Waals surface area contributed by atoms with E-state index in [1.807, 2.05) is 0 Å². The summed E-state index contributed by atoms with van der Waals surface area (Å²) < 4.78 is 5.50. The van der Waals surface area contributed by atoms with Crippen LogP contribution >= 0.6 is 0 Å². The van der Waals surface area contributed by atoms with Gasteiger partial charge in [-0.25, -0.2) is 0 Å². The lowest BCUT2D eigenvalue weighted by Gasteiger charge is -2.30. The maximum atomic E-state index is 12.9. The lowest BCUT2D eigenvalue weighted by atomic mass is 9.79. The number of ketones is 1. The summed E-state index contributed by atoms with van der Waals surface area (Å²) in [6.45, 7) is 4.89. The smallest absolute Gasteiger partial charge is 0.310 e. The Morgan fingerprint density at radius 1 is 1.22 bits per heavy atom. The molecular formula is C21H26O6. The number of Topliss-reactive ketones (excluding diaryl/α,β-unsaturated/α-hetero) is 1. The van der Waals surface area contributed by atoms with Gasteiger partial charge in [-0.3, -0.25) is 14.4 Å². The summed E-state index contributed by atoms with van der Waals surface area (Å²) in [6.07, 6.45) is 2.43. The van der Waals surface area contributed by atoms with E-state index in [2.05, 4.69) is 6.58 Å². The molecule has 0 radical (unpaired) electrons. The molecule has 2 N–H and O–H groups in total. The van der Waals surface area contributed by atoms with E-state index in [-0.39, 0.29) is 6.42 Å². The van der Waals surface area contributed by atoms with Crippen LogP contribution in [-0.2, 0) is 19.1 Å². The van der Waals surface area contributed by atoms with E-state index in [0.29, 0.717) is 18.4 Å². The second kappa shape index (κ2) is 8.95.